The van der Waals surface area contributed by atoms with E-state index in [1.54, 1.807) is 0 Å². The van der Waals surface area contributed by atoms with Crippen LogP contribution in [0.25, 0.3) is 0 Å². The fraction of sp³-hybridized carbons (Fsp3) is 0.294. The van der Waals surface area contributed by atoms with Crippen LogP contribution in [0.1, 0.15) is 30.5 Å². The Hall–Kier alpha value is 0.340. The maximum Gasteiger partial charge on any atom is 0.0371 e. The first-order valence-corrected chi connectivity index (χ1v) is 9.98. The van der Waals surface area contributed by atoms with E-state index in [1.807, 2.05) is 0 Å². The summed E-state index contributed by atoms with van der Waals surface area (Å²) in [6.45, 7) is 3.25. The number of benzene rings is 2. The third-order valence-corrected chi connectivity index (χ3v) is 5.52. The highest BCUT2D eigenvalue weighted by molar-refractivity contribution is 14.1. The van der Waals surface area contributed by atoms with Gasteiger partial charge < -0.3 is 5.32 Å². The summed E-state index contributed by atoms with van der Waals surface area (Å²) in [5.41, 5.74) is 2.75. The van der Waals surface area contributed by atoms with Crippen molar-refractivity contribution in [2.24, 2.45) is 0 Å². The molecular weight excluding hydrogens is 552 g/mol. The standard InChI is InChI=1S/C17H18BrI2N/c1-2-9-21-17(10-12-3-6-14(19)7-4-12)15-11-13(18)5-8-16(15)20/h3-8,11,17,21H,2,9-10H2,1H3. The molecule has 0 fully saturated rings. The Labute approximate surface area is 162 Å². The predicted molar refractivity (Wildman–Crippen MR) is 111 cm³/mol. The van der Waals surface area contributed by atoms with Crippen molar-refractivity contribution in [2.45, 2.75) is 25.8 Å². The molecule has 0 spiro atoms. The van der Waals surface area contributed by atoms with Crippen molar-refractivity contribution in [3.8, 4) is 0 Å². The Morgan fingerprint density at radius 2 is 1.81 bits per heavy atom. The number of halogens is 3. The molecule has 0 aliphatic heterocycles. The van der Waals surface area contributed by atoms with Crippen molar-refractivity contribution in [1.82, 2.24) is 5.32 Å². The molecule has 0 bridgehead atoms. The van der Waals surface area contributed by atoms with Crippen molar-refractivity contribution >= 4 is 61.1 Å². The van der Waals surface area contributed by atoms with Crippen LogP contribution in [0.4, 0.5) is 0 Å². The summed E-state index contributed by atoms with van der Waals surface area (Å²) in [6.07, 6.45) is 2.16. The predicted octanol–water partition coefficient (Wildman–Crippen LogP) is 5.94. The second-order valence-corrected chi connectivity index (χ2v) is 8.33. The average molecular weight is 570 g/mol. The minimum absolute atomic E-state index is 0.356. The van der Waals surface area contributed by atoms with Gasteiger partial charge in [0.15, 0.2) is 0 Å². The Balaban J connectivity index is 2.25. The lowest BCUT2D eigenvalue weighted by Crippen LogP contribution is -2.25. The molecular formula is C17H18BrI2N. The van der Waals surface area contributed by atoms with Crippen LogP contribution in [0.5, 0.6) is 0 Å². The summed E-state index contributed by atoms with van der Waals surface area (Å²) in [4.78, 5) is 0. The molecule has 2 aromatic rings. The van der Waals surface area contributed by atoms with Gasteiger partial charge in [-0.3, -0.25) is 0 Å². The molecule has 0 heterocycles. The molecule has 0 saturated heterocycles. The summed E-state index contributed by atoms with van der Waals surface area (Å²) in [6, 6.07) is 15.7. The lowest BCUT2D eigenvalue weighted by atomic mass is 9.99. The highest BCUT2D eigenvalue weighted by Crippen LogP contribution is 2.27. The minimum atomic E-state index is 0.356. The molecule has 112 valence electrons. The van der Waals surface area contributed by atoms with Crippen LogP contribution < -0.4 is 5.32 Å². The van der Waals surface area contributed by atoms with E-state index < -0.39 is 0 Å². The van der Waals surface area contributed by atoms with Crippen LogP contribution in [0, 0.1) is 7.14 Å². The summed E-state index contributed by atoms with van der Waals surface area (Å²) < 4.78 is 3.74. The lowest BCUT2D eigenvalue weighted by Gasteiger charge is -2.21. The molecule has 0 radical (unpaired) electrons. The van der Waals surface area contributed by atoms with Gasteiger partial charge in [-0.1, -0.05) is 35.0 Å². The molecule has 1 unspecified atom stereocenters. The van der Waals surface area contributed by atoms with Gasteiger partial charge in [-0.2, -0.15) is 0 Å². The first kappa shape index (κ1) is 17.7. The quantitative estimate of drug-likeness (QED) is 0.425. The minimum Gasteiger partial charge on any atom is -0.310 e. The Bertz CT molecular complexity index is 584. The summed E-state index contributed by atoms with van der Waals surface area (Å²) >= 11 is 8.38. The maximum absolute atomic E-state index is 3.69. The number of hydrogen-bond donors (Lipinski definition) is 1. The van der Waals surface area contributed by atoms with Crippen LogP contribution in [0.15, 0.2) is 46.9 Å². The van der Waals surface area contributed by atoms with E-state index in [0.717, 1.165) is 23.9 Å². The summed E-state index contributed by atoms with van der Waals surface area (Å²) in [7, 11) is 0. The van der Waals surface area contributed by atoms with Crippen molar-refractivity contribution < 1.29 is 0 Å². The van der Waals surface area contributed by atoms with Gasteiger partial charge in [0.05, 0.1) is 0 Å². The Morgan fingerprint density at radius 1 is 1.10 bits per heavy atom. The van der Waals surface area contributed by atoms with E-state index in [4.69, 9.17) is 0 Å². The molecule has 1 atom stereocenters. The third-order valence-electron chi connectivity index (χ3n) is 3.33. The van der Waals surface area contributed by atoms with Crippen LogP contribution >= 0.6 is 61.1 Å². The maximum atomic E-state index is 3.69. The van der Waals surface area contributed by atoms with E-state index in [0.29, 0.717) is 6.04 Å². The van der Waals surface area contributed by atoms with E-state index >= 15 is 0 Å². The van der Waals surface area contributed by atoms with Gasteiger partial charge >= 0.3 is 0 Å². The SMILES string of the molecule is CCCNC(Cc1ccc(I)cc1)c1cc(Br)ccc1I. The zero-order chi connectivity index (χ0) is 15.2. The summed E-state index contributed by atoms with van der Waals surface area (Å²) in [5, 5.41) is 3.69. The molecule has 2 rings (SSSR count). The average Bonchev–Trinajstić information content (AvgIpc) is 2.48. The molecule has 0 aliphatic carbocycles. The van der Waals surface area contributed by atoms with E-state index in [-0.39, 0.29) is 0 Å². The number of hydrogen-bond acceptors (Lipinski definition) is 1. The highest BCUT2D eigenvalue weighted by atomic mass is 127. The normalized spacial score (nSPS) is 12.4. The molecule has 0 aromatic heterocycles. The van der Waals surface area contributed by atoms with Crippen LogP contribution in [0.2, 0.25) is 0 Å². The van der Waals surface area contributed by atoms with Gasteiger partial charge in [-0.15, -0.1) is 0 Å². The van der Waals surface area contributed by atoms with Gasteiger partial charge in [-0.25, -0.2) is 0 Å². The van der Waals surface area contributed by atoms with Crippen molar-refractivity contribution in [1.29, 1.82) is 0 Å². The second kappa shape index (κ2) is 8.84. The van der Waals surface area contributed by atoms with Crippen molar-refractivity contribution in [3.05, 3.63) is 65.2 Å². The van der Waals surface area contributed by atoms with E-state index in [2.05, 4.69) is 116 Å². The molecule has 0 saturated carbocycles. The largest absolute Gasteiger partial charge is 0.310 e. The molecule has 1 nitrogen and oxygen atoms in total. The second-order valence-electron chi connectivity index (χ2n) is 5.00. The third kappa shape index (κ3) is 5.48. The molecule has 0 amide bonds. The first-order valence-electron chi connectivity index (χ1n) is 7.03. The van der Waals surface area contributed by atoms with Gasteiger partial charge in [0, 0.05) is 17.7 Å². The van der Waals surface area contributed by atoms with Crippen molar-refractivity contribution in [3.63, 3.8) is 0 Å². The molecule has 1 N–H and O–H groups in total. The lowest BCUT2D eigenvalue weighted by molar-refractivity contribution is 0.527. The van der Waals surface area contributed by atoms with Gasteiger partial charge in [-0.05, 0) is 106 Å². The highest BCUT2D eigenvalue weighted by Gasteiger charge is 2.15. The van der Waals surface area contributed by atoms with Gasteiger partial charge in [0.25, 0.3) is 0 Å². The first-order chi connectivity index (χ1) is 10.1. The number of rotatable bonds is 6. The molecule has 0 aliphatic rings. The summed E-state index contributed by atoms with van der Waals surface area (Å²) in [5.74, 6) is 0. The van der Waals surface area contributed by atoms with Crippen LogP contribution in [-0.2, 0) is 6.42 Å². The van der Waals surface area contributed by atoms with Crippen LogP contribution in [-0.4, -0.2) is 6.54 Å². The molecule has 4 heteroatoms. The Morgan fingerprint density at radius 3 is 2.48 bits per heavy atom. The van der Waals surface area contributed by atoms with Gasteiger partial charge in [0.2, 0.25) is 0 Å². The molecule has 21 heavy (non-hydrogen) atoms. The Kier molecular flexibility index (Phi) is 7.44. The number of nitrogens with one attached hydrogen (secondary N) is 1. The van der Waals surface area contributed by atoms with Crippen molar-refractivity contribution in [2.75, 3.05) is 6.54 Å². The van der Waals surface area contributed by atoms with E-state index in [1.165, 1.54) is 18.3 Å². The zero-order valence-corrected chi connectivity index (χ0v) is 17.8. The topological polar surface area (TPSA) is 12.0 Å². The fourth-order valence-corrected chi connectivity index (χ4v) is 3.70. The monoisotopic (exact) mass is 569 g/mol. The molecule has 2 aromatic carbocycles. The van der Waals surface area contributed by atoms with Crippen LogP contribution in [0.3, 0.4) is 0 Å². The van der Waals surface area contributed by atoms with E-state index in [9.17, 15) is 0 Å². The zero-order valence-electron chi connectivity index (χ0n) is 11.9. The smallest absolute Gasteiger partial charge is 0.0371 e. The fourth-order valence-electron chi connectivity index (χ4n) is 2.25. The van der Waals surface area contributed by atoms with Gasteiger partial charge in [0.1, 0.15) is 0 Å².